The molecule has 0 aromatic heterocycles. The lowest BCUT2D eigenvalue weighted by molar-refractivity contribution is -0.138. The number of rotatable bonds is 2. The highest BCUT2D eigenvalue weighted by atomic mass is 19.1. The van der Waals surface area contributed by atoms with Crippen molar-refractivity contribution in [3.05, 3.63) is 35.6 Å². The molecular weight excluding hydrogens is 321 g/mol. The second-order valence-electron chi connectivity index (χ2n) is 7.12. The van der Waals surface area contributed by atoms with E-state index in [9.17, 15) is 14.0 Å². The third-order valence-electron chi connectivity index (χ3n) is 5.59. The van der Waals surface area contributed by atoms with Crippen LogP contribution in [-0.4, -0.2) is 47.9 Å². The van der Waals surface area contributed by atoms with E-state index in [-0.39, 0.29) is 11.7 Å². The number of carbonyl (C=O) groups is 2. The van der Waals surface area contributed by atoms with E-state index in [1.54, 1.807) is 11.0 Å². The Morgan fingerprint density at radius 3 is 2.32 bits per heavy atom. The molecule has 1 aromatic carbocycles. The second-order valence-corrected chi connectivity index (χ2v) is 7.12. The average Bonchev–Trinajstić information content (AvgIpc) is 2.88. The molecule has 0 atom stereocenters. The number of benzene rings is 1. The van der Waals surface area contributed by atoms with Crippen LogP contribution in [0.1, 0.15) is 44.1 Å². The Morgan fingerprint density at radius 1 is 0.960 bits per heavy atom. The molecule has 1 aliphatic heterocycles. The van der Waals surface area contributed by atoms with Crippen molar-refractivity contribution < 1.29 is 14.0 Å². The number of primary amides is 1. The molecule has 3 rings (SSSR count). The van der Waals surface area contributed by atoms with E-state index < -0.39 is 11.4 Å². The highest BCUT2D eigenvalue weighted by Gasteiger charge is 2.43. The fourth-order valence-electron chi connectivity index (χ4n) is 4.21. The fourth-order valence-corrected chi connectivity index (χ4v) is 4.21. The summed E-state index contributed by atoms with van der Waals surface area (Å²) in [5.74, 6) is -0.227. The number of hydrogen-bond acceptors (Lipinski definition) is 2. The SMILES string of the molecule is NC(=O)N1CCCN(C(=O)C2(c3cccc(F)c3)CCCCC2)CC1. The number of nitrogens with zero attached hydrogens (tertiary/aromatic N) is 2. The first-order chi connectivity index (χ1) is 12.0. The lowest BCUT2D eigenvalue weighted by atomic mass is 9.68. The third-order valence-corrected chi connectivity index (χ3v) is 5.59. The molecular formula is C19H26FN3O2. The highest BCUT2D eigenvalue weighted by Crippen LogP contribution is 2.41. The Balaban J connectivity index is 1.86. The summed E-state index contributed by atoms with van der Waals surface area (Å²) >= 11 is 0. The minimum Gasteiger partial charge on any atom is -0.351 e. The molecule has 6 heteroatoms. The van der Waals surface area contributed by atoms with E-state index >= 15 is 0 Å². The Kier molecular flexibility index (Phi) is 5.25. The highest BCUT2D eigenvalue weighted by molar-refractivity contribution is 5.88. The van der Waals surface area contributed by atoms with Crippen molar-refractivity contribution in [1.82, 2.24) is 9.80 Å². The predicted molar refractivity (Wildman–Crippen MR) is 93.5 cm³/mol. The predicted octanol–water partition coefficient (Wildman–Crippen LogP) is 2.64. The molecule has 0 bridgehead atoms. The first kappa shape index (κ1) is 17.7. The van der Waals surface area contributed by atoms with Crippen LogP contribution in [0.4, 0.5) is 9.18 Å². The maximum absolute atomic E-state index is 13.8. The van der Waals surface area contributed by atoms with Crippen LogP contribution < -0.4 is 5.73 Å². The van der Waals surface area contributed by atoms with Gasteiger partial charge in [-0.05, 0) is 37.0 Å². The van der Waals surface area contributed by atoms with Gasteiger partial charge in [0.25, 0.3) is 0 Å². The molecule has 2 N–H and O–H groups in total. The van der Waals surface area contributed by atoms with Gasteiger partial charge in [-0.1, -0.05) is 31.4 Å². The molecule has 5 nitrogen and oxygen atoms in total. The number of amides is 3. The summed E-state index contributed by atoms with van der Waals surface area (Å²) < 4.78 is 13.8. The van der Waals surface area contributed by atoms with Crippen LogP contribution in [0.2, 0.25) is 0 Å². The summed E-state index contributed by atoms with van der Waals surface area (Å²) in [6.07, 6.45) is 5.29. The van der Waals surface area contributed by atoms with Crippen molar-refractivity contribution >= 4 is 11.9 Å². The molecule has 3 amide bonds. The maximum Gasteiger partial charge on any atom is 0.314 e. The third kappa shape index (κ3) is 3.62. The molecule has 1 aliphatic carbocycles. The van der Waals surface area contributed by atoms with Gasteiger partial charge in [-0.3, -0.25) is 4.79 Å². The van der Waals surface area contributed by atoms with Gasteiger partial charge in [0.05, 0.1) is 5.41 Å². The van der Waals surface area contributed by atoms with E-state index in [0.29, 0.717) is 32.6 Å². The smallest absolute Gasteiger partial charge is 0.314 e. The van der Waals surface area contributed by atoms with Crippen molar-refractivity contribution in [1.29, 1.82) is 0 Å². The lowest BCUT2D eigenvalue weighted by Gasteiger charge is -2.40. The van der Waals surface area contributed by atoms with E-state index in [0.717, 1.165) is 37.7 Å². The van der Waals surface area contributed by atoms with Crippen LogP contribution in [0, 0.1) is 5.82 Å². The topological polar surface area (TPSA) is 66.6 Å². The van der Waals surface area contributed by atoms with Gasteiger partial charge in [-0.25, -0.2) is 9.18 Å². The summed E-state index contributed by atoms with van der Waals surface area (Å²) in [4.78, 5) is 28.3. The summed E-state index contributed by atoms with van der Waals surface area (Å²) in [6, 6.07) is 6.05. The molecule has 0 unspecified atom stereocenters. The molecule has 1 saturated carbocycles. The molecule has 0 spiro atoms. The van der Waals surface area contributed by atoms with Crippen molar-refractivity contribution in [2.75, 3.05) is 26.2 Å². The normalized spacial score (nSPS) is 20.8. The standard InChI is InChI=1S/C19H26FN3O2/c20-16-7-4-6-15(14-16)19(8-2-1-3-9-19)17(24)22-10-5-11-23(13-12-22)18(21)25/h4,6-7,14H,1-3,5,8-13H2,(H2,21,25). The Labute approximate surface area is 148 Å². The van der Waals surface area contributed by atoms with Crippen molar-refractivity contribution in [3.63, 3.8) is 0 Å². The van der Waals surface area contributed by atoms with Crippen LogP contribution in [0.5, 0.6) is 0 Å². The average molecular weight is 347 g/mol. The minimum absolute atomic E-state index is 0.0733. The summed E-state index contributed by atoms with van der Waals surface area (Å²) in [7, 11) is 0. The molecule has 1 aromatic rings. The number of halogens is 1. The van der Waals surface area contributed by atoms with Crippen LogP contribution in [0.25, 0.3) is 0 Å². The minimum atomic E-state index is -0.637. The van der Waals surface area contributed by atoms with E-state index in [1.807, 2.05) is 11.0 Å². The fraction of sp³-hybridized carbons (Fsp3) is 0.579. The number of carbonyl (C=O) groups excluding carboxylic acids is 2. The van der Waals surface area contributed by atoms with Crippen LogP contribution in [0.3, 0.4) is 0 Å². The van der Waals surface area contributed by atoms with Gasteiger partial charge in [0.1, 0.15) is 5.82 Å². The van der Waals surface area contributed by atoms with Crippen molar-refractivity contribution in [2.24, 2.45) is 5.73 Å². The molecule has 1 saturated heterocycles. The number of hydrogen-bond donors (Lipinski definition) is 1. The molecule has 0 radical (unpaired) electrons. The first-order valence-electron chi connectivity index (χ1n) is 9.13. The number of nitrogens with two attached hydrogens (primary N) is 1. The quantitative estimate of drug-likeness (QED) is 0.894. The van der Waals surface area contributed by atoms with Gasteiger partial charge in [-0.15, -0.1) is 0 Å². The zero-order valence-electron chi connectivity index (χ0n) is 14.5. The zero-order chi connectivity index (χ0) is 17.9. The van der Waals surface area contributed by atoms with Gasteiger partial charge in [0.15, 0.2) is 0 Å². The van der Waals surface area contributed by atoms with Crippen LogP contribution in [-0.2, 0) is 10.2 Å². The zero-order valence-corrected chi connectivity index (χ0v) is 14.5. The van der Waals surface area contributed by atoms with Crippen LogP contribution >= 0.6 is 0 Å². The van der Waals surface area contributed by atoms with E-state index in [4.69, 9.17) is 5.73 Å². The van der Waals surface area contributed by atoms with E-state index in [1.165, 1.54) is 12.1 Å². The Hall–Kier alpha value is -2.11. The largest absolute Gasteiger partial charge is 0.351 e. The van der Waals surface area contributed by atoms with Gasteiger partial charge in [-0.2, -0.15) is 0 Å². The van der Waals surface area contributed by atoms with Crippen LogP contribution in [0.15, 0.2) is 24.3 Å². The first-order valence-corrected chi connectivity index (χ1v) is 9.13. The van der Waals surface area contributed by atoms with Crippen molar-refractivity contribution in [2.45, 2.75) is 43.9 Å². The molecule has 2 fully saturated rings. The Morgan fingerprint density at radius 2 is 1.64 bits per heavy atom. The molecule has 1 heterocycles. The van der Waals surface area contributed by atoms with Gasteiger partial charge in [0.2, 0.25) is 5.91 Å². The molecule has 2 aliphatic rings. The monoisotopic (exact) mass is 347 g/mol. The summed E-state index contributed by atoms with van der Waals surface area (Å²) in [6.45, 7) is 2.13. The summed E-state index contributed by atoms with van der Waals surface area (Å²) in [5.41, 5.74) is 5.53. The Bertz CT molecular complexity index is 643. The van der Waals surface area contributed by atoms with E-state index in [2.05, 4.69) is 0 Å². The lowest BCUT2D eigenvalue weighted by Crippen LogP contribution is -2.49. The van der Waals surface area contributed by atoms with Gasteiger partial charge < -0.3 is 15.5 Å². The number of urea groups is 1. The maximum atomic E-state index is 13.8. The molecule has 25 heavy (non-hydrogen) atoms. The molecule has 136 valence electrons. The second kappa shape index (κ2) is 7.42. The van der Waals surface area contributed by atoms with Gasteiger partial charge in [0, 0.05) is 26.2 Å². The van der Waals surface area contributed by atoms with Crippen molar-refractivity contribution in [3.8, 4) is 0 Å². The van der Waals surface area contributed by atoms with Gasteiger partial charge >= 0.3 is 6.03 Å². The summed E-state index contributed by atoms with van der Waals surface area (Å²) in [5, 5.41) is 0.